The molecule has 1 aromatic heterocycles. The van der Waals surface area contributed by atoms with Gasteiger partial charge in [0.2, 0.25) is 4.77 Å². The second-order valence-corrected chi connectivity index (χ2v) is 7.85. The van der Waals surface area contributed by atoms with E-state index in [9.17, 15) is 0 Å². The predicted molar refractivity (Wildman–Crippen MR) is 111 cm³/mol. The summed E-state index contributed by atoms with van der Waals surface area (Å²) in [6.45, 7) is 5.65. The van der Waals surface area contributed by atoms with Crippen molar-refractivity contribution in [2.75, 3.05) is 7.11 Å². The number of hydrogen-bond acceptors (Lipinski definition) is 5. The fourth-order valence-electron chi connectivity index (χ4n) is 3.47. The molecule has 1 fully saturated rings. The van der Waals surface area contributed by atoms with E-state index < -0.39 is 0 Å². The number of rotatable bonds is 7. The summed E-state index contributed by atoms with van der Waals surface area (Å²) in [5, 5.41) is 8.65. The molecule has 0 amide bonds. The van der Waals surface area contributed by atoms with Crippen LogP contribution in [0.4, 0.5) is 0 Å². The lowest BCUT2D eigenvalue weighted by Gasteiger charge is -2.21. The van der Waals surface area contributed by atoms with Crippen molar-refractivity contribution in [3.05, 3.63) is 63.9 Å². The van der Waals surface area contributed by atoms with E-state index >= 15 is 0 Å². The maximum Gasteiger partial charge on any atom is 0.221 e. The Hall–Kier alpha value is -2.51. The summed E-state index contributed by atoms with van der Waals surface area (Å²) in [6, 6.07) is 15.1. The molecule has 0 unspecified atom stereocenters. The first-order chi connectivity index (χ1) is 13.5. The van der Waals surface area contributed by atoms with E-state index in [0.717, 1.165) is 18.0 Å². The van der Waals surface area contributed by atoms with Crippen LogP contribution in [0.15, 0.2) is 42.5 Å². The Kier molecular flexibility index (Phi) is 5.28. The van der Waals surface area contributed by atoms with Gasteiger partial charge in [-0.25, -0.2) is 4.68 Å². The number of benzene rings is 2. The van der Waals surface area contributed by atoms with Crippen LogP contribution in [0, 0.1) is 18.6 Å². The van der Waals surface area contributed by atoms with Crippen LogP contribution in [0.3, 0.4) is 0 Å². The molecule has 7 heteroatoms. The molecule has 28 heavy (non-hydrogen) atoms. The van der Waals surface area contributed by atoms with Gasteiger partial charge >= 0.3 is 0 Å². The first kappa shape index (κ1) is 18.8. The lowest BCUT2D eigenvalue weighted by molar-refractivity contribution is 0.185. The number of aromatic nitrogens is 4. The van der Waals surface area contributed by atoms with E-state index in [1.54, 1.807) is 11.8 Å². The van der Waals surface area contributed by atoms with Crippen molar-refractivity contribution in [2.45, 2.75) is 45.9 Å². The lowest BCUT2D eigenvalue weighted by atomic mass is 10.1. The molecule has 3 aromatic rings. The lowest BCUT2D eigenvalue weighted by Crippen LogP contribution is -2.29. The van der Waals surface area contributed by atoms with E-state index in [2.05, 4.69) is 59.5 Å². The Labute approximate surface area is 170 Å². The number of tetrazole rings is 1. The standard InChI is InChI=1S/C21H25N5OS/c1-15-10-16(2)12-19(11-15)26-21(28)25(22-23-26)14-24(18-6-7-18)13-17-4-8-20(27-3)9-5-17/h4-5,8-12,18H,6-7,13-14H2,1-3H3. The molecule has 146 valence electrons. The number of nitrogens with zero attached hydrogens (tertiary/aromatic N) is 5. The minimum absolute atomic E-state index is 0.579. The molecule has 1 saturated carbocycles. The topological polar surface area (TPSA) is 48.1 Å². The average Bonchev–Trinajstić information content (AvgIpc) is 3.45. The number of aryl methyl sites for hydroxylation is 2. The zero-order chi connectivity index (χ0) is 19.7. The van der Waals surface area contributed by atoms with E-state index in [1.165, 1.54) is 29.5 Å². The quantitative estimate of drug-likeness (QED) is 0.565. The van der Waals surface area contributed by atoms with Crippen LogP contribution in [0.1, 0.15) is 29.5 Å². The maximum absolute atomic E-state index is 5.67. The van der Waals surface area contributed by atoms with Gasteiger partial charge in [0.25, 0.3) is 0 Å². The molecule has 1 aliphatic rings. The highest BCUT2D eigenvalue weighted by Crippen LogP contribution is 2.29. The molecule has 0 spiro atoms. The molecule has 0 N–H and O–H groups in total. The van der Waals surface area contributed by atoms with Gasteiger partial charge < -0.3 is 4.74 Å². The van der Waals surface area contributed by atoms with Crippen LogP contribution >= 0.6 is 12.2 Å². The van der Waals surface area contributed by atoms with Crippen molar-refractivity contribution >= 4 is 12.2 Å². The molecular weight excluding hydrogens is 370 g/mol. The minimum atomic E-state index is 0.579. The average molecular weight is 396 g/mol. The first-order valence-electron chi connectivity index (χ1n) is 9.52. The van der Waals surface area contributed by atoms with E-state index in [-0.39, 0.29) is 0 Å². The molecule has 0 aliphatic heterocycles. The van der Waals surface area contributed by atoms with Gasteiger partial charge in [0.1, 0.15) is 5.75 Å². The highest BCUT2D eigenvalue weighted by molar-refractivity contribution is 7.71. The van der Waals surface area contributed by atoms with Crippen molar-refractivity contribution in [2.24, 2.45) is 0 Å². The van der Waals surface area contributed by atoms with Crippen molar-refractivity contribution in [1.29, 1.82) is 0 Å². The minimum Gasteiger partial charge on any atom is -0.497 e. The van der Waals surface area contributed by atoms with Gasteiger partial charge in [0.05, 0.1) is 19.5 Å². The summed E-state index contributed by atoms with van der Waals surface area (Å²) in [7, 11) is 1.69. The highest BCUT2D eigenvalue weighted by Gasteiger charge is 2.29. The summed E-state index contributed by atoms with van der Waals surface area (Å²) in [6.07, 6.45) is 2.43. The third-order valence-electron chi connectivity index (χ3n) is 5.01. The van der Waals surface area contributed by atoms with Crippen LogP contribution in [0.25, 0.3) is 5.69 Å². The van der Waals surface area contributed by atoms with Gasteiger partial charge in [0.15, 0.2) is 0 Å². The van der Waals surface area contributed by atoms with Gasteiger partial charge in [-0.2, -0.15) is 4.68 Å². The van der Waals surface area contributed by atoms with Crippen molar-refractivity contribution < 1.29 is 4.74 Å². The highest BCUT2D eigenvalue weighted by atomic mass is 32.1. The molecule has 0 atom stereocenters. The maximum atomic E-state index is 5.67. The Morgan fingerprint density at radius 2 is 1.75 bits per heavy atom. The van der Waals surface area contributed by atoms with Gasteiger partial charge in [-0.1, -0.05) is 18.2 Å². The molecule has 6 nitrogen and oxygen atoms in total. The van der Waals surface area contributed by atoms with Crippen LogP contribution < -0.4 is 4.74 Å². The zero-order valence-corrected chi connectivity index (χ0v) is 17.3. The number of hydrogen-bond donors (Lipinski definition) is 0. The molecule has 0 radical (unpaired) electrons. The Balaban J connectivity index is 1.55. The number of methoxy groups -OCH3 is 1. The molecule has 1 heterocycles. The van der Waals surface area contributed by atoms with Crippen molar-refractivity contribution in [3.63, 3.8) is 0 Å². The molecule has 4 rings (SSSR count). The van der Waals surface area contributed by atoms with E-state index in [4.69, 9.17) is 17.0 Å². The summed E-state index contributed by atoms with van der Waals surface area (Å²) in [4.78, 5) is 2.41. The van der Waals surface area contributed by atoms with Gasteiger partial charge in [0, 0.05) is 12.6 Å². The van der Waals surface area contributed by atoms with Gasteiger partial charge in [-0.05, 0) is 90.3 Å². The first-order valence-corrected chi connectivity index (χ1v) is 9.93. The predicted octanol–water partition coefficient (Wildman–Crippen LogP) is 4.05. The van der Waals surface area contributed by atoms with Crippen molar-refractivity contribution in [3.8, 4) is 11.4 Å². The second kappa shape index (κ2) is 7.85. The second-order valence-electron chi connectivity index (χ2n) is 7.49. The zero-order valence-electron chi connectivity index (χ0n) is 16.5. The SMILES string of the molecule is COc1ccc(CN(Cn2nnn(-c3cc(C)cc(C)c3)c2=S)C2CC2)cc1. The van der Waals surface area contributed by atoms with Crippen LogP contribution in [-0.2, 0) is 13.2 Å². The Bertz CT molecular complexity index is 1000. The number of ether oxygens (including phenoxy) is 1. The Morgan fingerprint density at radius 3 is 2.36 bits per heavy atom. The van der Waals surface area contributed by atoms with Gasteiger partial charge in [-0.3, -0.25) is 4.90 Å². The normalized spacial score (nSPS) is 13.9. The largest absolute Gasteiger partial charge is 0.497 e. The summed E-state index contributed by atoms with van der Waals surface area (Å²) in [5.41, 5.74) is 4.58. The smallest absolute Gasteiger partial charge is 0.221 e. The molecule has 1 aliphatic carbocycles. The third kappa shape index (κ3) is 4.15. The fourth-order valence-corrected chi connectivity index (χ4v) is 3.71. The molecule has 0 saturated heterocycles. The van der Waals surface area contributed by atoms with E-state index in [1.807, 2.05) is 16.8 Å². The van der Waals surface area contributed by atoms with Gasteiger partial charge in [-0.15, -0.1) is 0 Å². The molecule has 2 aromatic carbocycles. The third-order valence-corrected chi connectivity index (χ3v) is 5.40. The van der Waals surface area contributed by atoms with Crippen LogP contribution in [0.5, 0.6) is 5.75 Å². The summed E-state index contributed by atoms with van der Waals surface area (Å²) < 4.78 is 9.43. The van der Waals surface area contributed by atoms with Crippen molar-refractivity contribution in [1.82, 2.24) is 24.7 Å². The van der Waals surface area contributed by atoms with E-state index in [0.29, 0.717) is 17.5 Å². The monoisotopic (exact) mass is 395 g/mol. The fraction of sp³-hybridized carbons (Fsp3) is 0.381. The summed E-state index contributed by atoms with van der Waals surface area (Å²) >= 11 is 5.67. The summed E-state index contributed by atoms with van der Waals surface area (Å²) in [5.74, 6) is 0.875. The van der Waals surface area contributed by atoms with Crippen LogP contribution in [0.2, 0.25) is 0 Å². The molecular formula is C21H25N5OS. The van der Waals surface area contributed by atoms with Crippen LogP contribution in [-0.4, -0.2) is 37.8 Å². The molecule has 0 bridgehead atoms. The Morgan fingerprint density at radius 1 is 1.07 bits per heavy atom.